The SMILES string of the molecule is Cc1ccc(C2=C(SCCO)C(=O)N(c3ccc(F)cc3)C2=O)cc1C. The number of thioether (sulfide) groups is 1. The third kappa shape index (κ3) is 3.30. The van der Waals surface area contributed by atoms with Crippen LogP contribution in [0.4, 0.5) is 10.1 Å². The van der Waals surface area contributed by atoms with Gasteiger partial charge in [0.05, 0.1) is 22.8 Å². The number of rotatable bonds is 5. The number of anilines is 1. The molecule has 6 heteroatoms. The molecule has 0 saturated carbocycles. The zero-order valence-electron chi connectivity index (χ0n) is 14.5. The maximum absolute atomic E-state index is 13.2. The zero-order valence-corrected chi connectivity index (χ0v) is 15.3. The lowest BCUT2D eigenvalue weighted by Gasteiger charge is -2.15. The average molecular weight is 371 g/mol. The predicted molar refractivity (Wildman–Crippen MR) is 101 cm³/mol. The molecule has 0 bridgehead atoms. The van der Waals surface area contributed by atoms with Gasteiger partial charge in [0.15, 0.2) is 0 Å². The second-order valence-electron chi connectivity index (χ2n) is 6.00. The van der Waals surface area contributed by atoms with Crippen LogP contribution < -0.4 is 4.90 Å². The van der Waals surface area contributed by atoms with Crippen LogP contribution in [0, 0.1) is 19.7 Å². The number of aryl methyl sites for hydroxylation is 2. The van der Waals surface area contributed by atoms with Gasteiger partial charge in [-0.2, -0.15) is 0 Å². The van der Waals surface area contributed by atoms with Crippen LogP contribution in [-0.4, -0.2) is 29.3 Å². The van der Waals surface area contributed by atoms with E-state index in [2.05, 4.69) is 0 Å². The van der Waals surface area contributed by atoms with E-state index in [0.29, 0.717) is 27.5 Å². The molecular weight excluding hydrogens is 353 g/mol. The first-order chi connectivity index (χ1) is 12.4. The molecule has 4 nitrogen and oxygen atoms in total. The molecule has 0 fully saturated rings. The number of carbonyl (C=O) groups is 2. The highest BCUT2D eigenvalue weighted by Gasteiger charge is 2.40. The minimum atomic E-state index is -0.451. The molecule has 2 amide bonds. The Morgan fingerprint density at radius 3 is 2.31 bits per heavy atom. The summed E-state index contributed by atoms with van der Waals surface area (Å²) in [5.74, 6) is -1.02. The number of carbonyl (C=O) groups excluding carboxylic acids is 2. The maximum Gasteiger partial charge on any atom is 0.272 e. The summed E-state index contributed by atoms with van der Waals surface area (Å²) in [6, 6.07) is 10.8. The van der Waals surface area contributed by atoms with E-state index in [1.54, 1.807) is 0 Å². The van der Waals surface area contributed by atoms with Crippen LogP contribution in [0.2, 0.25) is 0 Å². The Hall–Kier alpha value is -2.44. The Balaban J connectivity index is 2.09. The molecule has 0 atom stereocenters. The summed E-state index contributed by atoms with van der Waals surface area (Å²) in [6.07, 6.45) is 0. The molecule has 26 heavy (non-hydrogen) atoms. The number of aliphatic hydroxyl groups excluding tert-OH is 1. The van der Waals surface area contributed by atoms with E-state index in [4.69, 9.17) is 5.11 Å². The van der Waals surface area contributed by atoms with Crippen LogP contribution in [-0.2, 0) is 9.59 Å². The van der Waals surface area contributed by atoms with Crippen LogP contribution in [0.1, 0.15) is 16.7 Å². The molecule has 134 valence electrons. The normalized spacial score (nSPS) is 14.5. The molecule has 0 unspecified atom stereocenters. The maximum atomic E-state index is 13.2. The van der Waals surface area contributed by atoms with Crippen molar-refractivity contribution in [2.24, 2.45) is 0 Å². The first-order valence-corrected chi connectivity index (χ1v) is 9.12. The highest BCUT2D eigenvalue weighted by molar-refractivity contribution is 8.04. The van der Waals surface area contributed by atoms with Gasteiger partial charge in [0, 0.05) is 5.75 Å². The summed E-state index contributed by atoms with van der Waals surface area (Å²) in [7, 11) is 0. The molecule has 1 N–H and O–H groups in total. The topological polar surface area (TPSA) is 57.6 Å². The second-order valence-corrected chi connectivity index (χ2v) is 7.10. The third-order valence-electron chi connectivity index (χ3n) is 4.26. The van der Waals surface area contributed by atoms with Crippen molar-refractivity contribution in [2.45, 2.75) is 13.8 Å². The molecular formula is C20H18FNO3S. The molecule has 2 aromatic rings. The van der Waals surface area contributed by atoms with Crippen LogP contribution in [0.15, 0.2) is 47.4 Å². The lowest BCUT2D eigenvalue weighted by Crippen LogP contribution is -2.31. The molecule has 3 rings (SSSR count). The molecule has 0 aliphatic carbocycles. The quantitative estimate of drug-likeness (QED) is 0.818. The van der Waals surface area contributed by atoms with Crippen molar-refractivity contribution in [1.29, 1.82) is 0 Å². The van der Waals surface area contributed by atoms with Gasteiger partial charge in [0.25, 0.3) is 11.8 Å². The Kier molecular flexibility index (Phi) is 5.25. The number of hydrogen-bond donors (Lipinski definition) is 1. The molecule has 2 aromatic carbocycles. The van der Waals surface area contributed by atoms with Crippen LogP contribution in [0.5, 0.6) is 0 Å². The molecule has 0 aromatic heterocycles. The Labute approximate surface area is 155 Å². The summed E-state index contributed by atoms with van der Waals surface area (Å²) in [6.45, 7) is 3.81. The highest BCUT2D eigenvalue weighted by Crippen LogP contribution is 2.38. The van der Waals surface area contributed by atoms with Crippen molar-refractivity contribution in [1.82, 2.24) is 0 Å². The number of halogens is 1. The largest absolute Gasteiger partial charge is 0.396 e. The van der Waals surface area contributed by atoms with E-state index in [0.717, 1.165) is 27.8 Å². The number of benzene rings is 2. The van der Waals surface area contributed by atoms with Gasteiger partial charge < -0.3 is 5.11 Å². The van der Waals surface area contributed by atoms with E-state index in [1.807, 2.05) is 32.0 Å². The number of amides is 2. The molecule has 1 aliphatic heterocycles. The van der Waals surface area contributed by atoms with E-state index in [9.17, 15) is 14.0 Å². The van der Waals surface area contributed by atoms with Crippen molar-refractivity contribution in [3.05, 3.63) is 69.9 Å². The van der Waals surface area contributed by atoms with Crippen molar-refractivity contribution in [2.75, 3.05) is 17.3 Å². The Bertz CT molecular complexity index is 906. The molecule has 1 heterocycles. The Morgan fingerprint density at radius 1 is 1.00 bits per heavy atom. The fourth-order valence-electron chi connectivity index (χ4n) is 2.77. The summed E-state index contributed by atoms with van der Waals surface area (Å²) in [4.78, 5) is 27.3. The fourth-order valence-corrected chi connectivity index (χ4v) is 3.63. The lowest BCUT2D eigenvalue weighted by atomic mass is 10.0. The first-order valence-electron chi connectivity index (χ1n) is 8.14. The monoisotopic (exact) mass is 371 g/mol. The van der Waals surface area contributed by atoms with Gasteiger partial charge >= 0.3 is 0 Å². The summed E-state index contributed by atoms with van der Waals surface area (Å²) in [5.41, 5.74) is 3.41. The first kappa shape index (κ1) is 18.4. The number of aliphatic hydroxyl groups is 1. The van der Waals surface area contributed by atoms with E-state index < -0.39 is 17.6 Å². The summed E-state index contributed by atoms with van der Waals surface area (Å²) in [5, 5.41) is 9.13. The van der Waals surface area contributed by atoms with Crippen LogP contribution in [0.3, 0.4) is 0 Å². The fraction of sp³-hybridized carbons (Fsp3) is 0.200. The van der Waals surface area contributed by atoms with Crippen molar-refractivity contribution in [3.8, 4) is 0 Å². The van der Waals surface area contributed by atoms with Crippen molar-refractivity contribution < 1.29 is 19.1 Å². The van der Waals surface area contributed by atoms with Gasteiger partial charge in [-0.05, 0) is 54.8 Å². The molecule has 0 spiro atoms. The van der Waals surface area contributed by atoms with Gasteiger partial charge in [0.1, 0.15) is 5.82 Å². The smallest absolute Gasteiger partial charge is 0.272 e. The van der Waals surface area contributed by atoms with Crippen molar-refractivity contribution in [3.63, 3.8) is 0 Å². The second kappa shape index (κ2) is 7.43. The van der Waals surface area contributed by atoms with Gasteiger partial charge in [-0.15, -0.1) is 11.8 Å². The summed E-state index contributed by atoms with van der Waals surface area (Å²) >= 11 is 1.15. The van der Waals surface area contributed by atoms with Gasteiger partial charge in [-0.3, -0.25) is 9.59 Å². The highest BCUT2D eigenvalue weighted by atomic mass is 32.2. The van der Waals surface area contributed by atoms with E-state index in [1.165, 1.54) is 24.3 Å². The van der Waals surface area contributed by atoms with Gasteiger partial charge in [0.2, 0.25) is 0 Å². The van der Waals surface area contributed by atoms with Gasteiger partial charge in [-0.1, -0.05) is 18.2 Å². The Morgan fingerprint density at radius 2 is 1.69 bits per heavy atom. The minimum absolute atomic E-state index is 0.105. The number of imide groups is 1. The third-order valence-corrected chi connectivity index (χ3v) is 5.31. The predicted octanol–water partition coefficient (Wildman–Crippen LogP) is 3.45. The average Bonchev–Trinajstić information content (AvgIpc) is 2.86. The standard InChI is InChI=1S/C20H18FNO3S/c1-12-3-4-14(11-13(12)2)17-18(26-10-9-23)20(25)22(19(17)24)16-7-5-15(21)6-8-16/h3-8,11,23H,9-10H2,1-2H3. The minimum Gasteiger partial charge on any atom is -0.396 e. The molecule has 1 aliphatic rings. The lowest BCUT2D eigenvalue weighted by molar-refractivity contribution is -0.119. The number of nitrogens with zero attached hydrogens (tertiary/aromatic N) is 1. The van der Waals surface area contributed by atoms with Gasteiger partial charge in [-0.25, -0.2) is 9.29 Å². The van der Waals surface area contributed by atoms with Crippen LogP contribution >= 0.6 is 11.8 Å². The molecule has 0 saturated heterocycles. The van der Waals surface area contributed by atoms with Crippen molar-refractivity contribution >= 4 is 34.8 Å². The van der Waals surface area contributed by atoms with E-state index >= 15 is 0 Å². The number of hydrogen-bond acceptors (Lipinski definition) is 4. The van der Waals surface area contributed by atoms with E-state index in [-0.39, 0.29) is 6.61 Å². The summed E-state index contributed by atoms with van der Waals surface area (Å²) < 4.78 is 13.2. The zero-order chi connectivity index (χ0) is 18.8. The molecule has 0 radical (unpaired) electrons. The van der Waals surface area contributed by atoms with Crippen LogP contribution in [0.25, 0.3) is 5.57 Å².